The molecular formula is C24H44O7. The molecule has 5 fully saturated rings. The summed E-state index contributed by atoms with van der Waals surface area (Å²) in [5.41, 5.74) is 0. The molecular weight excluding hydrogens is 400 g/mol. The molecule has 182 valence electrons. The zero-order valence-electron chi connectivity index (χ0n) is 19.6. The second kappa shape index (κ2) is 14.8. The fraction of sp³-hybridized carbons (Fsp3) is 1.00. The van der Waals surface area contributed by atoms with Gasteiger partial charge < -0.3 is 33.2 Å². The first-order chi connectivity index (χ1) is 15.3. The van der Waals surface area contributed by atoms with Crippen LogP contribution in [0.25, 0.3) is 0 Å². The van der Waals surface area contributed by atoms with Crippen LogP contribution in [0.15, 0.2) is 0 Å². The van der Waals surface area contributed by atoms with Gasteiger partial charge in [0.15, 0.2) is 0 Å². The van der Waals surface area contributed by atoms with E-state index in [0.29, 0.717) is 44.7 Å². The molecule has 4 aliphatic heterocycles. The third kappa shape index (κ3) is 13.1. The number of unbranched alkanes of at least 4 members (excludes halogenated alkanes) is 1. The molecule has 0 bridgehead atoms. The van der Waals surface area contributed by atoms with Crippen molar-refractivity contribution >= 4 is 0 Å². The molecule has 0 amide bonds. The van der Waals surface area contributed by atoms with Gasteiger partial charge in [0.1, 0.15) is 18.3 Å². The Balaban J connectivity index is 0.000000173. The average Bonchev–Trinajstić information content (AvgIpc) is 3.61. The highest BCUT2D eigenvalue weighted by atomic mass is 16.6. The van der Waals surface area contributed by atoms with Crippen LogP contribution >= 0.6 is 0 Å². The van der Waals surface area contributed by atoms with Crippen LogP contribution < -0.4 is 0 Å². The SMILES string of the molecule is C1CO1.CCCC1CCC2OC2C1.CCCCOCC(COCC1CO1)OCC1CO1. The first-order valence-corrected chi connectivity index (χ1v) is 12.5. The number of ether oxygens (including phenoxy) is 7. The van der Waals surface area contributed by atoms with E-state index >= 15 is 0 Å². The lowest BCUT2D eigenvalue weighted by atomic mass is 9.86. The molecule has 5 aliphatic rings. The van der Waals surface area contributed by atoms with Gasteiger partial charge in [0.2, 0.25) is 0 Å². The molecule has 6 atom stereocenters. The first kappa shape index (κ1) is 25.3. The van der Waals surface area contributed by atoms with Gasteiger partial charge >= 0.3 is 0 Å². The third-order valence-electron chi connectivity index (χ3n) is 5.89. The minimum Gasteiger partial charge on any atom is -0.379 e. The van der Waals surface area contributed by atoms with Crippen LogP contribution in [0.4, 0.5) is 0 Å². The van der Waals surface area contributed by atoms with Crippen molar-refractivity contribution in [2.75, 3.05) is 59.5 Å². The molecule has 4 heterocycles. The highest BCUT2D eigenvalue weighted by Gasteiger charge is 2.43. The van der Waals surface area contributed by atoms with Crippen molar-refractivity contribution in [1.29, 1.82) is 0 Å². The van der Waals surface area contributed by atoms with Gasteiger partial charge in [-0.1, -0.05) is 33.1 Å². The smallest absolute Gasteiger partial charge is 0.104 e. The monoisotopic (exact) mass is 444 g/mol. The van der Waals surface area contributed by atoms with Crippen LogP contribution in [0.3, 0.4) is 0 Å². The van der Waals surface area contributed by atoms with E-state index in [1.807, 2.05) is 0 Å². The molecule has 7 heteroatoms. The van der Waals surface area contributed by atoms with Crippen molar-refractivity contribution in [3.8, 4) is 0 Å². The fourth-order valence-electron chi connectivity index (χ4n) is 3.67. The van der Waals surface area contributed by atoms with Crippen LogP contribution in [-0.2, 0) is 33.2 Å². The van der Waals surface area contributed by atoms with Gasteiger partial charge in [0, 0.05) is 6.61 Å². The maximum atomic E-state index is 5.73. The number of rotatable bonds is 14. The normalized spacial score (nSPS) is 32.5. The van der Waals surface area contributed by atoms with E-state index < -0.39 is 0 Å². The lowest BCUT2D eigenvalue weighted by molar-refractivity contribution is -0.0649. The predicted octanol–water partition coefficient (Wildman–Crippen LogP) is 3.37. The second-order valence-electron chi connectivity index (χ2n) is 9.13. The van der Waals surface area contributed by atoms with E-state index in [2.05, 4.69) is 18.6 Å². The molecule has 0 aromatic heterocycles. The molecule has 0 N–H and O–H groups in total. The van der Waals surface area contributed by atoms with Gasteiger partial charge in [-0.2, -0.15) is 0 Å². The zero-order chi connectivity index (χ0) is 21.7. The van der Waals surface area contributed by atoms with Gasteiger partial charge in [-0.3, -0.25) is 0 Å². The van der Waals surface area contributed by atoms with Gasteiger partial charge in [0.25, 0.3) is 0 Å². The number of fused-ring (bicyclic) bond motifs is 1. The van der Waals surface area contributed by atoms with Crippen LogP contribution in [0, 0.1) is 5.92 Å². The van der Waals surface area contributed by atoms with Crippen LogP contribution in [0.5, 0.6) is 0 Å². The highest BCUT2D eigenvalue weighted by molar-refractivity contribution is 4.91. The molecule has 5 rings (SSSR count). The summed E-state index contributed by atoms with van der Waals surface area (Å²) in [6.45, 7) is 11.3. The Morgan fingerprint density at radius 2 is 1.58 bits per heavy atom. The van der Waals surface area contributed by atoms with E-state index in [0.717, 1.165) is 51.8 Å². The van der Waals surface area contributed by atoms with E-state index in [9.17, 15) is 0 Å². The van der Waals surface area contributed by atoms with Crippen LogP contribution in [0.2, 0.25) is 0 Å². The Kier molecular flexibility index (Phi) is 12.1. The fourth-order valence-corrected chi connectivity index (χ4v) is 3.67. The summed E-state index contributed by atoms with van der Waals surface area (Å²) >= 11 is 0. The Hall–Kier alpha value is -0.280. The van der Waals surface area contributed by atoms with Gasteiger partial charge in [-0.15, -0.1) is 0 Å². The van der Waals surface area contributed by atoms with Gasteiger partial charge in [0.05, 0.1) is 65.1 Å². The van der Waals surface area contributed by atoms with Crippen molar-refractivity contribution in [3.05, 3.63) is 0 Å². The Bertz CT molecular complexity index is 450. The van der Waals surface area contributed by atoms with E-state index in [-0.39, 0.29) is 12.2 Å². The Labute approximate surface area is 188 Å². The van der Waals surface area contributed by atoms with Crippen molar-refractivity contribution in [3.63, 3.8) is 0 Å². The lowest BCUT2D eigenvalue weighted by Gasteiger charge is -2.17. The summed E-state index contributed by atoms with van der Waals surface area (Å²) in [5, 5.41) is 0. The Morgan fingerprint density at radius 1 is 0.871 bits per heavy atom. The minimum absolute atomic E-state index is 0.00445. The van der Waals surface area contributed by atoms with Crippen molar-refractivity contribution < 1.29 is 33.2 Å². The molecule has 6 unspecified atom stereocenters. The molecule has 1 aliphatic carbocycles. The molecule has 0 spiro atoms. The lowest BCUT2D eigenvalue weighted by Crippen LogP contribution is -2.28. The second-order valence-corrected chi connectivity index (χ2v) is 9.13. The molecule has 4 saturated heterocycles. The maximum absolute atomic E-state index is 5.73. The molecule has 0 radical (unpaired) electrons. The summed E-state index contributed by atoms with van der Waals surface area (Å²) < 4.78 is 37.1. The summed E-state index contributed by atoms with van der Waals surface area (Å²) in [5.74, 6) is 0.994. The van der Waals surface area contributed by atoms with Crippen molar-refractivity contribution in [1.82, 2.24) is 0 Å². The number of hydrogen-bond acceptors (Lipinski definition) is 7. The van der Waals surface area contributed by atoms with E-state index in [1.54, 1.807) is 0 Å². The predicted molar refractivity (Wildman–Crippen MR) is 117 cm³/mol. The average molecular weight is 445 g/mol. The summed E-state index contributed by atoms with van der Waals surface area (Å²) in [7, 11) is 0. The Morgan fingerprint density at radius 3 is 2.19 bits per heavy atom. The van der Waals surface area contributed by atoms with Crippen LogP contribution in [0.1, 0.15) is 58.8 Å². The zero-order valence-corrected chi connectivity index (χ0v) is 19.6. The quantitative estimate of drug-likeness (QED) is 0.300. The maximum Gasteiger partial charge on any atom is 0.104 e. The summed E-state index contributed by atoms with van der Waals surface area (Å²) in [4.78, 5) is 0. The van der Waals surface area contributed by atoms with Crippen molar-refractivity contribution in [2.24, 2.45) is 5.92 Å². The standard InChI is InChI=1S/C13H24O5.C9H16O.C2H4O/c1-2-3-4-14-5-11(16-9-13-10-18-13)6-15-7-12-8-17-12;1-2-3-7-4-5-8-9(6-7)10-8;1-2-3-1/h11-13H,2-10H2,1H3;7-9H,2-6H2,1H3;1-2H2. The molecule has 31 heavy (non-hydrogen) atoms. The third-order valence-corrected chi connectivity index (χ3v) is 5.89. The van der Waals surface area contributed by atoms with Crippen molar-refractivity contribution in [2.45, 2.75) is 89.3 Å². The first-order valence-electron chi connectivity index (χ1n) is 12.5. The van der Waals surface area contributed by atoms with Gasteiger partial charge in [-0.25, -0.2) is 0 Å². The van der Waals surface area contributed by atoms with E-state index in [4.69, 9.17) is 28.4 Å². The largest absolute Gasteiger partial charge is 0.379 e. The number of hydrogen-bond donors (Lipinski definition) is 0. The van der Waals surface area contributed by atoms with Crippen LogP contribution in [-0.4, -0.2) is 90.0 Å². The number of epoxide rings is 4. The highest BCUT2D eigenvalue weighted by Crippen LogP contribution is 2.40. The molecule has 0 aromatic carbocycles. The topological polar surface area (TPSA) is 77.8 Å². The molecule has 7 nitrogen and oxygen atoms in total. The molecule has 0 aromatic rings. The van der Waals surface area contributed by atoms with E-state index in [1.165, 1.54) is 32.1 Å². The van der Waals surface area contributed by atoms with Gasteiger partial charge in [-0.05, 0) is 31.6 Å². The summed E-state index contributed by atoms with van der Waals surface area (Å²) in [6, 6.07) is 0. The minimum atomic E-state index is 0.00445. The molecule has 1 saturated carbocycles. The summed E-state index contributed by atoms with van der Waals surface area (Å²) in [6.07, 6.45) is 11.1.